The van der Waals surface area contributed by atoms with Crippen molar-refractivity contribution in [2.75, 3.05) is 20.6 Å². The van der Waals surface area contributed by atoms with Crippen molar-refractivity contribution in [3.05, 3.63) is 52.2 Å². The highest BCUT2D eigenvalue weighted by molar-refractivity contribution is 7.89. The highest BCUT2D eigenvalue weighted by Crippen LogP contribution is 2.21. The van der Waals surface area contributed by atoms with Crippen molar-refractivity contribution >= 4 is 21.4 Å². The molecule has 8 heteroatoms. The Morgan fingerprint density at radius 1 is 1.27 bits per heavy atom. The predicted octanol–water partition coefficient (Wildman–Crippen LogP) is 2.61. The van der Waals surface area contributed by atoms with E-state index in [1.54, 1.807) is 0 Å². The summed E-state index contributed by atoms with van der Waals surface area (Å²) in [6.45, 7) is 0.0862. The number of rotatable bonds is 6. The first kappa shape index (κ1) is 17.0. The van der Waals surface area contributed by atoms with Crippen LogP contribution in [0.1, 0.15) is 11.6 Å². The second-order valence-corrected chi connectivity index (χ2v) is 7.48. The van der Waals surface area contributed by atoms with E-state index in [4.69, 9.17) is 0 Å². The van der Waals surface area contributed by atoms with Crippen LogP contribution in [0.2, 0.25) is 0 Å². The van der Waals surface area contributed by atoms with E-state index in [2.05, 4.69) is 4.72 Å². The van der Waals surface area contributed by atoms with Crippen LogP contribution in [0.4, 0.5) is 8.78 Å². The van der Waals surface area contributed by atoms with Crippen molar-refractivity contribution < 1.29 is 17.2 Å². The van der Waals surface area contributed by atoms with Crippen LogP contribution in [0.25, 0.3) is 0 Å². The predicted molar refractivity (Wildman–Crippen MR) is 82.3 cm³/mol. The van der Waals surface area contributed by atoms with Gasteiger partial charge in [0.2, 0.25) is 10.0 Å². The molecule has 4 nitrogen and oxygen atoms in total. The van der Waals surface area contributed by atoms with E-state index in [1.807, 2.05) is 35.8 Å². The topological polar surface area (TPSA) is 49.4 Å². The van der Waals surface area contributed by atoms with Gasteiger partial charge in [-0.2, -0.15) is 11.3 Å². The molecule has 0 aliphatic rings. The SMILES string of the molecule is CN(C)[C@@H](CNS(=O)(=O)c1ccc(F)cc1F)c1ccsc1. The van der Waals surface area contributed by atoms with Crippen molar-refractivity contribution in [3.63, 3.8) is 0 Å². The van der Waals surface area contributed by atoms with Crippen molar-refractivity contribution in [1.82, 2.24) is 9.62 Å². The number of hydrogen-bond acceptors (Lipinski definition) is 4. The third kappa shape index (κ3) is 3.89. The summed E-state index contributed by atoms with van der Waals surface area (Å²) in [7, 11) is -0.385. The monoisotopic (exact) mass is 346 g/mol. The highest BCUT2D eigenvalue weighted by atomic mass is 32.2. The quantitative estimate of drug-likeness (QED) is 0.875. The number of nitrogens with zero attached hydrogens (tertiary/aromatic N) is 1. The van der Waals surface area contributed by atoms with E-state index in [9.17, 15) is 17.2 Å². The van der Waals surface area contributed by atoms with Gasteiger partial charge in [0.1, 0.15) is 16.5 Å². The van der Waals surface area contributed by atoms with E-state index < -0.39 is 26.6 Å². The molecule has 1 aromatic heterocycles. The van der Waals surface area contributed by atoms with E-state index in [0.29, 0.717) is 6.07 Å². The molecule has 1 N–H and O–H groups in total. The maximum absolute atomic E-state index is 13.6. The second kappa shape index (κ2) is 6.82. The molecule has 0 saturated carbocycles. The first-order chi connectivity index (χ1) is 10.3. The molecule has 2 aromatic rings. The molecule has 0 aliphatic heterocycles. The molecule has 0 bridgehead atoms. The summed E-state index contributed by atoms with van der Waals surface area (Å²) in [4.78, 5) is 1.31. The molecule has 2 rings (SSSR count). The molecule has 0 spiro atoms. The fourth-order valence-corrected chi connectivity index (χ4v) is 3.83. The lowest BCUT2D eigenvalue weighted by atomic mass is 10.1. The lowest BCUT2D eigenvalue weighted by Crippen LogP contribution is -2.34. The van der Waals surface area contributed by atoms with Crippen LogP contribution < -0.4 is 4.72 Å². The molecule has 1 heterocycles. The maximum atomic E-state index is 13.6. The molecule has 0 amide bonds. The summed E-state index contributed by atoms with van der Waals surface area (Å²) in [5.41, 5.74) is 0.970. The van der Waals surface area contributed by atoms with Gasteiger partial charge in [0.15, 0.2) is 0 Å². The van der Waals surface area contributed by atoms with Gasteiger partial charge in [0.25, 0.3) is 0 Å². The number of likely N-dealkylation sites (N-methyl/N-ethyl adjacent to an activating group) is 1. The zero-order valence-electron chi connectivity index (χ0n) is 12.1. The van der Waals surface area contributed by atoms with Gasteiger partial charge in [-0.1, -0.05) is 0 Å². The van der Waals surface area contributed by atoms with Gasteiger partial charge in [0, 0.05) is 18.7 Å². The van der Waals surface area contributed by atoms with Gasteiger partial charge in [0.05, 0.1) is 0 Å². The third-order valence-corrected chi connectivity index (χ3v) is 5.36. The van der Waals surface area contributed by atoms with Crippen LogP contribution in [-0.4, -0.2) is 34.0 Å². The van der Waals surface area contributed by atoms with E-state index in [0.717, 1.165) is 17.7 Å². The molecule has 1 aromatic carbocycles. The molecule has 0 radical (unpaired) electrons. The van der Waals surface area contributed by atoms with Crippen molar-refractivity contribution in [2.24, 2.45) is 0 Å². The number of thiophene rings is 1. The molecule has 1 atom stereocenters. The lowest BCUT2D eigenvalue weighted by Gasteiger charge is -2.24. The van der Waals surface area contributed by atoms with Gasteiger partial charge in [-0.15, -0.1) is 0 Å². The van der Waals surface area contributed by atoms with E-state index in [1.165, 1.54) is 11.3 Å². The van der Waals surface area contributed by atoms with Crippen LogP contribution in [0.15, 0.2) is 39.9 Å². The first-order valence-corrected chi connectivity index (χ1v) is 8.87. The fourth-order valence-electron chi connectivity index (χ4n) is 2.02. The normalized spacial score (nSPS) is 13.5. The average Bonchev–Trinajstić information content (AvgIpc) is 2.91. The van der Waals surface area contributed by atoms with Gasteiger partial charge < -0.3 is 4.90 Å². The molecule has 120 valence electrons. The first-order valence-electron chi connectivity index (χ1n) is 6.44. The molecule has 0 saturated heterocycles. The summed E-state index contributed by atoms with van der Waals surface area (Å²) in [6.07, 6.45) is 0. The van der Waals surface area contributed by atoms with Crippen molar-refractivity contribution in [3.8, 4) is 0 Å². The minimum absolute atomic E-state index is 0.0862. The van der Waals surface area contributed by atoms with Crippen LogP contribution in [-0.2, 0) is 10.0 Å². The van der Waals surface area contributed by atoms with E-state index >= 15 is 0 Å². The highest BCUT2D eigenvalue weighted by Gasteiger charge is 2.22. The number of halogens is 2. The van der Waals surface area contributed by atoms with Crippen LogP contribution in [0.5, 0.6) is 0 Å². The minimum Gasteiger partial charge on any atom is -0.301 e. The Bertz CT molecular complexity index is 731. The van der Waals surface area contributed by atoms with E-state index in [-0.39, 0.29) is 12.6 Å². The number of sulfonamides is 1. The van der Waals surface area contributed by atoms with Crippen molar-refractivity contribution in [1.29, 1.82) is 0 Å². The average molecular weight is 346 g/mol. The molecule has 0 fully saturated rings. The maximum Gasteiger partial charge on any atom is 0.243 e. The number of nitrogens with one attached hydrogen (secondary N) is 1. The molecule has 22 heavy (non-hydrogen) atoms. The molecular formula is C14H16F2N2O2S2. The minimum atomic E-state index is -4.04. The second-order valence-electron chi connectivity index (χ2n) is 4.96. The Morgan fingerprint density at radius 2 is 2.00 bits per heavy atom. The fraction of sp³-hybridized carbons (Fsp3) is 0.286. The Balaban J connectivity index is 2.18. The van der Waals surface area contributed by atoms with Crippen LogP contribution in [0.3, 0.4) is 0 Å². The number of hydrogen-bond donors (Lipinski definition) is 1. The number of benzene rings is 1. The van der Waals surface area contributed by atoms with Gasteiger partial charge >= 0.3 is 0 Å². The Labute approximate surface area is 132 Å². The van der Waals surface area contributed by atoms with Gasteiger partial charge in [-0.05, 0) is 48.6 Å². The lowest BCUT2D eigenvalue weighted by molar-refractivity contribution is 0.300. The molecule has 0 aliphatic carbocycles. The zero-order chi connectivity index (χ0) is 16.3. The standard InChI is InChI=1S/C14H16F2N2O2S2/c1-18(2)13(10-5-6-21-9-10)8-17-22(19,20)14-4-3-11(15)7-12(14)16/h3-7,9,13,17H,8H2,1-2H3/t13-/m0/s1. The Kier molecular flexibility index (Phi) is 5.28. The molecular weight excluding hydrogens is 330 g/mol. The summed E-state index contributed by atoms with van der Waals surface area (Å²) >= 11 is 1.51. The van der Waals surface area contributed by atoms with Gasteiger partial charge in [-0.25, -0.2) is 21.9 Å². The van der Waals surface area contributed by atoms with Gasteiger partial charge in [-0.3, -0.25) is 0 Å². The summed E-state index contributed by atoms with van der Waals surface area (Å²) in [5.74, 6) is -1.93. The zero-order valence-corrected chi connectivity index (χ0v) is 13.7. The van der Waals surface area contributed by atoms with Crippen LogP contribution in [0, 0.1) is 11.6 Å². The van der Waals surface area contributed by atoms with Crippen molar-refractivity contribution in [2.45, 2.75) is 10.9 Å². The van der Waals surface area contributed by atoms with Crippen LogP contribution >= 0.6 is 11.3 Å². The molecule has 0 unspecified atom stereocenters. The largest absolute Gasteiger partial charge is 0.301 e. The summed E-state index contributed by atoms with van der Waals surface area (Å²) in [5, 5.41) is 3.83. The summed E-state index contributed by atoms with van der Waals surface area (Å²) < 4.78 is 53.2. The Morgan fingerprint density at radius 3 is 2.55 bits per heavy atom. The smallest absolute Gasteiger partial charge is 0.243 e. The third-order valence-electron chi connectivity index (χ3n) is 3.20. The Hall–Kier alpha value is -1.35. The summed E-state index contributed by atoms with van der Waals surface area (Å²) in [6, 6.07) is 4.12.